The molecule has 1 aromatic rings. The number of halogens is 1. The van der Waals surface area contributed by atoms with Crippen LogP contribution in [0.4, 0.5) is 0 Å². The molecule has 0 saturated carbocycles. The summed E-state index contributed by atoms with van der Waals surface area (Å²) >= 11 is 6.07. The highest BCUT2D eigenvalue weighted by Crippen LogP contribution is 2.29. The van der Waals surface area contributed by atoms with Crippen LogP contribution in [0.2, 0.25) is 5.02 Å². The number of hydrogen-bond acceptors (Lipinski definition) is 5. The molecule has 1 atom stereocenters. The van der Waals surface area contributed by atoms with E-state index in [1.165, 1.54) is 10.4 Å². The Morgan fingerprint density at radius 2 is 1.96 bits per heavy atom. The molecule has 2 saturated heterocycles. The van der Waals surface area contributed by atoms with E-state index >= 15 is 0 Å². The first-order chi connectivity index (χ1) is 12.5. The van der Waals surface area contributed by atoms with Gasteiger partial charge >= 0.3 is 0 Å². The molecule has 2 aliphatic rings. The van der Waals surface area contributed by atoms with Crippen LogP contribution in [0.15, 0.2) is 29.2 Å². The number of amides is 1. The Kier molecular flexibility index (Phi) is 6.52. The van der Waals surface area contributed by atoms with Crippen molar-refractivity contribution in [1.29, 1.82) is 0 Å². The third-order valence-corrected chi connectivity index (χ3v) is 7.07. The molecule has 26 heavy (non-hydrogen) atoms. The van der Waals surface area contributed by atoms with E-state index in [2.05, 4.69) is 5.43 Å². The molecule has 144 valence electrons. The van der Waals surface area contributed by atoms with E-state index < -0.39 is 10.0 Å². The lowest BCUT2D eigenvalue weighted by Gasteiger charge is -2.33. The van der Waals surface area contributed by atoms with E-state index in [0.717, 1.165) is 12.8 Å². The summed E-state index contributed by atoms with van der Waals surface area (Å²) in [5.41, 5.74) is 2.89. The summed E-state index contributed by atoms with van der Waals surface area (Å²) < 4.78 is 32.5. The van der Waals surface area contributed by atoms with Crippen molar-refractivity contribution in [2.45, 2.75) is 24.2 Å². The van der Waals surface area contributed by atoms with Crippen molar-refractivity contribution in [3.63, 3.8) is 0 Å². The van der Waals surface area contributed by atoms with Gasteiger partial charge in [-0.15, -0.1) is 0 Å². The Labute approximate surface area is 159 Å². The van der Waals surface area contributed by atoms with Crippen LogP contribution in [-0.4, -0.2) is 63.0 Å². The summed E-state index contributed by atoms with van der Waals surface area (Å²) in [5.74, 6) is -0.0732. The second-order valence-electron chi connectivity index (χ2n) is 6.64. The fraction of sp³-hybridized carbons (Fsp3) is 0.588. The molecule has 2 heterocycles. The molecule has 2 aliphatic heterocycles. The van der Waals surface area contributed by atoms with Gasteiger partial charge in [0, 0.05) is 32.6 Å². The van der Waals surface area contributed by atoms with Crippen LogP contribution in [-0.2, 0) is 19.6 Å². The van der Waals surface area contributed by atoms with E-state index in [4.69, 9.17) is 16.3 Å². The third-order valence-electron chi connectivity index (χ3n) is 4.70. The number of hydrazine groups is 1. The third kappa shape index (κ3) is 4.75. The zero-order chi connectivity index (χ0) is 18.6. The average molecular weight is 402 g/mol. The van der Waals surface area contributed by atoms with Gasteiger partial charge in [0.25, 0.3) is 0 Å². The van der Waals surface area contributed by atoms with Crippen LogP contribution in [0.1, 0.15) is 19.3 Å². The monoisotopic (exact) mass is 401 g/mol. The van der Waals surface area contributed by atoms with E-state index in [9.17, 15) is 13.2 Å². The maximum Gasteiger partial charge on any atom is 0.244 e. The first-order valence-corrected chi connectivity index (χ1v) is 10.7. The molecule has 2 fully saturated rings. The van der Waals surface area contributed by atoms with E-state index in [1.807, 2.05) is 5.01 Å². The van der Waals surface area contributed by atoms with Gasteiger partial charge in [-0.2, -0.15) is 4.31 Å². The van der Waals surface area contributed by atoms with Crippen LogP contribution in [0.5, 0.6) is 0 Å². The van der Waals surface area contributed by atoms with Crippen molar-refractivity contribution >= 4 is 27.5 Å². The summed E-state index contributed by atoms with van der Waals surface area (Å²) in [6, 6.07) is 6.46. The van der Waals surface area contributed by atoms with E-state index in [1.54, 1.807) is 18.2 Å². The second-order valence-corrected chi connectivity index (χ2v) is 8.95. The number of ether oxygens (including phenoxy) is 1. The fourth-order valence-corrected chi connectivity index (χ4v) is 5.41. The summed E-state index contributed by atoms with van der Waals surface area (Å²) in [6.45, 7) is 3.34. The van der Waals surface area contributed by atoms with Gasteiger partial charge in [-0.1, -0.05) is 23.7 Å². The second kappa shape index (κ2) is 8.67. The zero-order valence-corrected chi connectivity index (χ0v) is 16.1. The van der Waals surface area contributed by atoms with Crippen molar-refractivity contribution in [3.8, 4) is 0 Å². The quantitative estimate of drug-likeness (QED) is 0.808. The highest BCUT2D eigenvalue weighted by molar-refractivity contribution is 7.89. The molecule has 0 bridgehead atoms. The van der Waals surface area contributed by atoms with Gasteiger partial charge < -0.3 is 4.74 Å². The summed E-state index contributed by atoms with van der Waals surface area (Å²) in [6.07, 6.45) is 1.89. The summed E-state index contributed by atoms with van der Waals surface area (Å²) in [5, 5.41) is 2.08. The number of carbonyl (C=O) groups is 1. The number of sulfonamides is 1. The molecule has 0 radical (unpaired) electrons. The van der Waals surface area contributed by atoms with Gasteiger partial charge in [0.15, 0.2) is 0 Å². The van der Waals surface area contributed by atoms with Crippen LogP contribution in [0.3, 0.4) is 0 Å². The molecule has 0 aromatic heterocycles. The Hall–Kier alpha value is -1.19. The number of carbonyl (C=O) groups excluding carboxylic acids is 1. The molecule has 7 nitrogen and oxygen atoms in total. The molecule has 3 rings (SSSR count). The first kappa shape index (κ1) is 19.6. The minimum atomic E-state index is -3.65. The Morgan fingerprint density at radius 1 is 1.23 bits per heavy atom. The Balaban J connectivity index is 1.60. The van der Waals surface area contributed by atoms with Crippen LogP contribution < -0.4 is 5.43 Å². The summed E-state index contributed by atoms with van der Waals surface area (Å²) in [4.78, 5) is 12.4. The van der Waals surface area contributed by atoms with E-state index in [0.29, 0.717) is 45.8 Å². The van der Waals surface area contributed by atoms with Gasteiger partial charge in [0.05, 0.1) is 18.2 Å². The van der Waals surface area contributed by atoms with Crippen LogP contribution in [0, 0.1) is 5.92 Å². The SMILES string of the molecule is O=C(CC1CCCN(S(=O)(=O)c2ccccc2Cl)C1)NN1CCOCC1. The first-order valence-electron chi connectivity index (χ1n) is 8.83. The average Bonchev–Trinajstić information content (AvgIpc) is 2.63. The molecule has 1 N–H and O–H groups in total. The molecular formula is C17H24ClN3O4S. The number of hydrogen-bond donors (Lipinski definition) is 1. The molecule has 1 aromatic carbocycles. The molecule has 1 unspecified atom stereocenters. The standard InChI is InChI=1S/C17H24ClN3O4S/c18-15-5-1-2-6-16(15)26(23,24)21-7-3-4-14(13-21)12-17(22)19-20-8-10-25-11-9-20/h1-2,5-6,14H,3-4,7-13H2,(H,19,22). The van der Waals surface area contributed by atoms with Gasteiger partial charge in [-0.3, -0.25) is 10.2 Å². The normalized spacial score (nSPS) is 22.9. The van der Waals surface area contributed by atoms with Crippen molar-refractivity contribution in [2.24, 2.45) is 5.92 Å². The Morgan fingerprint density at radius 3 is 2.69 bits per heavy atom. The van der Waals surface area contributed by atoms with Crippen molar-refractivity contribution in [1.82, 2.24) is 14.7 Å². The van der Waals surface area contributed by atoms with Crippen molar-refractivity contribution in [2.75, 3.05) is 39.4 Å². The lowest BCUT2D eigenvalue weighted by atomic mass is 9.96. The predicted octanol–water partition coefficient (Wildman–Crippen LogP) is 1.49. The number of rotatable bonds is 5. The minimum absolute atomic E-state index is 0.00190. The van der Waals surface area contributed by atoms with Gasteiger partial charge in [0.1, 0.15) is 4.90 Å². The topological polar surface area (TPSA) is 79.0 Å². The Bertz CT molecular complexity index is 737. The zero-order valence-electron chi connectivity index (χ0n) is 14.6. The maximum absolute atomic E-state index is 12.9. The smallest absolute Gasteiger partial charge is 0.244 e. The highest BCUT2D eigenvalue weighted by Gasteiger charge is 2.32. The molecule has 9 heteroatoms. The number of nitrogens with one attached hydrogen (secondary N) is 1. The van der Waals surface area contributed by atoms with E-state index in [-0.39, 0.29) is 21.7 Å². The fourth-order valence-electron chi connectivity index (χ4n) is 3.36. The lowest BCUT2D eigenvalue weighted by molar-refractivity contribution is -0.129. The predicted molar refractivity (Wildman–Crippen MR) is 98.1 cm³/mol. The summed E-state index contributed by atoms with van der Waals surface area (Å²) in [7, 11) is -3.65. The van der Waals surface area contributed by atoms with Crippen LogP contribution in [0.25, 0.3) is 0 Å². The molecule has 0 spiro atoms. The number of benzene rings is 1. The van der Waals surface area contributed by atoms with Gasteiger partial charge in [-0.25, -0.2) is 13.4 Å². The number of morpholine rings is 1. The highest BCUT2D eigenvalue weighted by atomic mass is 35.5. The largest absolute Gasteiger partial charge is 0.379 e. The van der Waals surface area contributed by atoms with Crippen molar-refractivity contribution in [3.05, 3.63) is 29.3 Å². The lowest BCUT2D eigenvalue weighted by Crippen LogP contribution is -2.49. The maximum atomic E-state index is 12.9. The van der Waals surface area contributed by atoms with Gasteiger partial charge in [0.2, 0.25) is 15.9 Å². The number of piperidine rings is 1. The van der Waals surface area contributed by atoms with Crippen LogP contribution >= 0.6 is 11.6 Å². The molecule has 0 aliphatic carbocycles. The minimum Gasteiger partial charge on any atom is -0.379 e. The van der Waals surface area contributed by atoms with Crippen molar-refractivity contribution < 1.29 is 17.9 Å². The molecular weight excluding hydrogens is 378 g/mol. The number of nitrogens with zero attached hydrogens (tertiary/aromatic N) is 2. The van der Waals surface area contributed by atoms with Gasteiger partial charge in [-0.05, 0) is 30.9 Å². The molecule has 1 amide bonds.